The van der Waals surface area contributed by atoms with E-state index in [4.69, 9.17) is 43.8 Å². The number of primary amides is 1. The lowest BCUT2D eigenvalue weighted by atomic mass is 9.89. The van der Waals surface area contributed by atoms with Gasteiger partial charge in [-0.2, -0.15) is 4.98 Å². The van der Waals surface area contributed by atoms with Gasteiger partial charge >= 0.3 is 27.8 Å². The van der Waals surface area contributed by atoms with Gasteiger partial charge in [0, 0.05) is 49.3 Å². The van der Waals surface area contributed by atoms with E-state index in [9.17, 15) is 62.7 Å². The van der Waals surface area contributed by atoms with E-state index in [1.165, 1.54) is 6.08 Å². The highest BCUT2D eigenvalue weighted by Gasteiger charge is 2.54. The van der Waals surface area contributed by atoms with Crippen molar-refractivity contribution < 1.29 is 90.2 Å². The van der Waals surface area contributed by atoms with E-state index < -0.39 is 113 Å². The first-order valence-electron chi connectivity index (χ1n) is 27.6. The number of hydrogen-bond acceptors (Lipinski definition) is 24. The van der Waals surface area contributed by atoms with Crippen molar-refractivity contribution in [1.82, 2.24) is 54.6 Å². The monoisotopic (exact) mass is 1270 g/mol. The molecule has 4 unspecified atom stereocenters. The van der Waals surface area contributed by atoms with Crippen molar-refractivity contribution in [3.05, 3.63) is 83.6 Å². The second-order valence-electron chi connectivity index (χ2n) is 21.2. The number of nitrogens with one attached hydrogen (secondary N) is 5. The Kier molecular flexibility index (Phi) is 20.3. The van der Waals surface area contributed by atoms with E-state index in [2.05, 4.69) is 57.7 Å². The lowest BCUT2D eigenvalue weighted by Crippen LogP contribution is -2.45. The van der Waals surface area contributed by atoms with Gasteiger partial charge in [0.2, 0.25) is 17.8 Å². The number of nitrogen functional groups attached to an aromatic ring is 1. The molecule has 1 aromatic carbocycles. The number of H-pyrrole nitrogens is 1. The predicted molar refractivity (Wildman–Crippen MR) is 303 cm³/mol. The minimum absolute atomic E-state index is 0.0809. The number of ether oxygens (including phenoxy) is 3. The summed E-state index contributed by atoms with van der Waals surface area (Å²) in [4.78, 5) is 136. The first-order valence-corrected chi connectivity index (χ1v) is 30.6. The number of aliphatic hydroxyl groups is 2. The maximum Gasteiger partial charge on any atom is 0.472 e. The van der Waals surface area contributed by atoms with Gasteiger partial charge in [-0.05, 0) is 55.4 Å². The first kappa shape index (κ1) is 64.6. The summed E-state index contributed by atoms with van der Waals surface area (Å²) >= 11 is 0. The van der Waals surface area contributed by atoms with Crippen LogP contribution < -0.4 is 38.3 Å². The smallest absolute Gasteiger partial charge is 0.444 e. The highest BCUT2D eigenvalue weighted by Crippen LogP contribution is 2.54. The number of aliphatic hydroxyl groups excluding tert-OH is 2. The van der Waals surface area contributed by atoms with Crippen LogP contribution in [0.25, 0.3) is 22.3 Å². The molecule has 13 N–H and O–H groups in total. The number of carbonyl (C=O) groups excluding carboxylic acids is 6. The number of unbranched alkanes of at least 4 members (excludes halogenated alkanes) is 2. The molecule has 8 heterocycles. The Morgan fingerprint density at radius 1 is 0.841 bits per heavy atom. The number of phosphoric ester groups is 2. The number of nitrogens with zero attached hydrogens (tertiary/aromatic N) is 8. The molecule has 474 valence electrons. The van der Waals surface area contributed by atoms with Gasteiger partial charge in [-0.1, -0.05) is 39.0 Å². The zero-order chi connectivity index (χ0) is 63.2. The molecule has 0 radical (unpaired) electrons. The van der Waals surface area contributed by atoms with Gasteiger partial charge in [-0.25, -0.2) is 38.7 Å². The van der Waals surface area contributed by atoms with E-state index in [-0.39, 0.29) is 90.0 Å². The SMILES string of the molecule is C=C1C=CC(=O)N1CCCCCC(=O)N[C@H](C(=O)C[C@@H](CCCNC(N)=O)C(=O)Nc1ccc(COC(=O)Nc2ncnc3c2ncn3[C@@H]2O[C@@H]3COP(=O)(O)O[C@@H]4C(O)[C@H](n5cnc6c(=O)[nH]c(N)nc65)O[C@@H]4COP(=O)(O)OC2[C@H]3O)cc1)C(C)C. The fourth-order valence-corrected chi connectivity index (χ4v) is 12.1. The van der Waals surface area contributed by atoms with Crippen LogP contribution in [-0.4, -0.2) is 169 Å². The molecule has 35 nitrogen and oxygen atoms in total. The number of urea groups is 1. The summed E-state index contributed by atoms with van der Waals surface area (Å²) in [5, 5.41) is 33.3. The summed E-state index contributed by atoms with van der Waals surface area (Å²) in [6, 6.07) is 4.59. The number of rotatable bonds is 22. The molecule has 37 heteroatoms. The standard InChI is InChI=1S/C51H65N15O20P2/c1-25(2)35(60-33(68)9-5-4-6-17-64-26(3)10-15-34(64)69)30(67)18-28(8-7-16-54-50(53)74)45(72)59-29-13-11-27(12-14-29)19-80-51(75)61-42-36-43(56-22-55-42)65(23-57-36)48-41-38(70)31(83-48)20-81-87(76,77)85-40-32(21-82-88(78,79)86-41)84-47(39(40)71)66-24-58-37-44(66)62-49(52)63-46(37)73/h10-15,22-25,28,31-32,35,38-41,47-48,70-71H,3-9,16-21H2,1-2H3,(H,59,72)(H,60,68)(H,76,77)(H,78,79)(H3,53,54,74)(H3,52,62,63,73)(H,55,56,61,75)/t28-,31-,32-,35+,38+,39?,40+,41?,47-,48-/m1/s1. The summed E-state index contributed by atoms with van der Waals surface area (Å²) < 4.78 is 67.9. The number of aromatic amines is 1. The van der Waals surface area contributed by atoms with E-state index in [1.54, 1.807) is 49.1 Å². The summed E-state index contributed by atoms with van der Waals surface area (Å²) in [5.74, 6) is -3.02. The number of aromatic nitrogens is 8. The number of amides is 6. The second-order valence-corrected chi connectivity index (χ2v) is 24.0. The molecule has 12 atom stereocenters. The van der Waals surface area contributed by atoms with Crippen LogP contribution in [0.3, 0.4) is 0 Å². The van der Waals surface area contributed by atoms with Crippen LogP contribution in [0, 0.1) is 11.8 Å². The number of anilines is 3. The van der Waals surface area contributed by atoms with Gasteiger partial charge in [0.1, 0.15) is 49.6 Å². The Morgan fingerprint density at radius 3 is 2.22 bits per heavy atom. The normalized spacial score (nSPS) is 26.2. The molecular formula is C51H65N15O20P2. The number of nitrogens with two attached hydrogens (primary N) is 2. The fraction of sp³-hybridized carbons (Fsp3) is 0.490. The molecule has 5 aromatic rings. The second kappa shape index (κ2) is 27.6. The molecule has 0 spiro atoms. The van der Waals surface area contributed by atoms with Crippen LogP contribution in [-0.2, 0) is 67.2 Å². The maximum absolute atomic E-state index is 13.8. The molecule has 4 aliphatic heterocycles. The van der Waals surface area contributed by atoms with Crippen LogP contribution in [0.5, 0.6) is 0 Å². The Labute approximate surface area is 498 Å². The van der Waals surface area contributed by atoms with E-state index in [0.29, 0.717) is 49.2 Å². The van der Waals surface area contributed by atoms with Crippen molar-refractivity contribution in [2.45, 2.75) is 121 Å². The molecule has 88 heavy (non-hydrogen) atoms. The van der Waals surface area contributed by atoms with Crippen molar-refractivity contribution in [3.8, 4) is 0 Å². The molecule has 0 saturated carbocycles. The highest BCUT2D eigenvalue weighted by atomic mass is 31.2. The molecule has 4 aromatic heterocycles. The third-order valence-corrected chi connectivity index (χ3v) is 16.6. The Bertz CT molecular complexity index is 3620. The number of hydrogen-bond donors (Lipinski definition) is 11. The fourth-order valence-electron chi connectivity index (χ4n) is 10.2. The topological polar surface area (TPSA) is 493 Å². The molecule has 4 aliphatic rings. The number of allylic oxidation sites excluding steroid dienone is 1. The third-order valence-electron chi connectivity index (χ3n) is 14.6. The number of phosphoric acid groups is 2. The summed E-state index contributed by atoms with van der Waals surface area (Å²) in [5.41, 5.74) is 11.1. The Hall–Kier alpha value is -7.92. The van der Waals surface area contributed by atoms with Crippen molar-refractivity contribution in [1.29, 1.82) is 0 Å². The summed E-state index contributed by atoms with van der Waals surface area (Å²) in [7, 11) is -10.5. The number of Topliss-reactive ketones (excluding diaryl/α,β-unsaturated/α-hetero) is 1. The van der Waals surface area contributed by atoms with Crippen LogP contribution in [0.1, 0.15) is 76.8 Å². The first-order chi connectivity index (χ1) is 41.8. The number of ketones is 1. The van der Waals surface area contributed by atoms with E-state index in [1.807, 2.05) is 0 Å². The lowest BCUT2D eigenvalue weighted by molar-refractivity contribution is -0.131. The molecule has 6 amide bonds. The number of carbonyl (C=O) groups is 6. The Morgan fingerprint density at radius 2 is 1.52 bits per heavy atom. The summed E-state index contributed by atoms with van der Waals surface area (Å²) in [6.45, 7) is 5.86. The zero-order valence-electron chi connectivity index (χ0n) is 47.2. The molecule has 0 aliphatic carbocycles. The molecule has 2 bridgehead atoms. The van der Waals surface area contributed by atoms with Gasteiger partial charge in [0.25, 0.3) is 11.5 Å². The third kappa shape index (κ3) is 15.5. The number of fused-ring (bicyclic) bond motifs is 5. The van der Waals surface area contributed by atoms with Gasteiger partial charge in [0.15, 0.2) is 46.4 Å². The number of imidazole rings is 2. The van der Waals surface area contributed by atoms with Crippen molar-refractivity contribution in [2.75, 3.05) is 42.7 Å². The van der Waals surface area contributed by atoms with Gasteiger partial charge in [-0.15, -0.1) is 0 Å². The zero-order valence-corrected chi connectivity index (χ0v) is 49.0. The van der Waals surface area contributed by atoms with Crippen LogP contribution >= 0.6 is 15.6 Å². The predicted octanol–water partition coefficient (Wildman–Crippen LogP) is 1.40. The minimum Gasteiger partial charge on any atom is -0.444 e. The van der Waals surface area contributed by atoms with E-state index >= 15 is 0 Å². The Balaban J connectivity index is 0.797. The highest BCUT2D eigenvalue weighted by molar-refractivity contribution is 7.47. The van der Waals surface area contributed by atoms with Crippen molar-refractivity contribution in [3.63, 3.8) is 0 Å². The van der Waals surface area contributed by atoms with Crippen LogP contribution in [0.2, 0.25) is 0 Å². The maximum atomic E-state index is 13.8. The van der Waals surface area contributed by atoms with Gasteiger partial charge < -0.3 is 66.5 Å². The number of benzene rings is 1. The van der Waals surface area contributed by atoms with Gasteiger partial charge in [-0.3, -0.25) is 61.5 Å². The van der Waals surface area contributed by atoms with Crippen molar-refractivity contribution in [2.24, 2.45) is 17.6 Å². The molecule has 3 saturated heterocycles. The quantitative estimate of drug-likeness (QED) is 0.0344. The van der Waals surface area contributed by atoms with Gasteiger partial charge in [0.05, 0.1) is 31.9 Å². The van der Waals surface area contributed by atoms with E-state index in [0.717, 1.165) is 28.1 Å². The van der Waals surface area contributed by atoms with Crippen LogP contribution in [0.15, 0.2) is 72.5 Å². The van der Waals surface area contributed by atoms with Crippen molar-refractivity contribution >= 4 is 91.1 Å². The molecule has 9 rings (SSSR count). The minimum atomic E-state index is -5.30. The molecular weight excluding hydrogens is 1200 g/mol. The average Bonchev–Trinajstić information content (AvgIpc) is 3.04. The largest absolute Gasteiger partial charge is 0.472 e. The van der Waals surface area contributed by atoms with Crippen LogP contribution in [0.4, 0.5) is 27.0 Å². The summed E-state index contributed by atoms with van der Waals surface area (Å²) in [6.07, 6.45) is -6.22. The lowest BCUT2D eigenvalue weighted by Gasteiger charge is -2.25. The molecule has 3 fully saturated rings. The average molecular weight is 1270 g/mol.